The summed E-state index contributed by atoms with van der Waals surface area (Å²) in [5.74, 6) is 1.07. The van der Waals surface area contributed by atoms with Gasteiger partial charge in [0.2, 0.25) is 5.28 Å². The van der Waals surface area contributed by atoms with E-state index in [9.17, 15) is 5.11 Å². The number of nitrogens with zero attached hydrogens (tertiary/aromatic N) is 3. The molecule has 0 saturated carbocycles. The maximum Gasteiger partial charge on any atom is 0.226 e. The van der Waals surface area contributed by atoms with E-state index in [0.29, 0.717) is 17.4 Å². The fraction of sp³-hybridized carbons (Fsp3) is 0.545. The number of nitrogens with one attached hydrogen (secondary N) is 2. The van der Waals surface area contributed by atoms with E-state index in [0.717, 1.165) is 11.8 Å². The van der Waals surface area contributed by atoms with Crippen LogP contribution in [-0.2, 0) is 0 Å². The molecule has 2 heterocycles. The molecular formula is C11H16ClN5O. The van der Waals surface area contributed by atoms with Crippen LogP contribution in [-0.4, -0.2) is 37.9 Å². The van der Waals surface area contributed by atoms with Gasteiger partial charge in [0.15, 0.2) is 5.65 Å². The van der Waals surface area contributed by atoms with Crippen LogP contribution in [0.4, 0.5) is 5.82 Å². The van der Waals surface area contributed by atoms with Crippen molar-refractivity contribution in [3.05, 3.63) is 11.5 Å². The van der Waals surface area contributed by atoms with Crippen LogP contribution in [0, 0.1) is 5.92 Å². The average Bonchev–Trinajstić information content (AvgIpc) is 2.75. The highest BCUT2D eigenvalue weighted by Gasteiger charge is 2.14. The number of aliphatic hydroxyl groups is 1. The van der Waals surface area contributed by atoms with Crippen molar-refractivity contribution in [2.24, 2.45) is 5.92 Å². The lowest BCUT2D eigenvalue weighted by molar-refractivity contribution is 0.259. The highest BCUT2D eigenvalue weighted by molar-refractivity contribution is 6.28. The second-order valence-corrected chi connectivity index (χ2v) is 4.96. The molecule has 0 fully saturated rings. The largest absolute Gasteiger partial charge is 0.394 e. The van der Waals surface area contributed by atoms with Gasteiger partial charge in [0, 0.05) is 0 Å². The van der Waals surface area contributed by atoms with Gasteiger partial charge in [-0.3, -0.25) is 5.10 Å². The Kier molecular flexibility index (Phi) is 3.98. The summed E-state index contributed by atoms with van der Waals surface area (Å²) < 4.78 is 0. The summed E-state index contributed by atoms with van der Waals surface area (Å²) in [5.41, 5.74) is 0.582. The monoisotopic (exact) mass is 269 g/mol. The summed E-state index contributed by atoms with van der Waals surface area (Å²) >= 11 is 5.84. The Morgan fingerprint density at radius 3 is 2.89 bits per heavy atom. The van der Waals surface area contributed by atoms with Gasteiger partial charge >= 0.3 is 0 Å². The Labute approximate surface area is 110 Å². The third-order valence-corrected chi connectivity index (χ3v) is 2.77. The van der Waals surface area contributed by atoms with Crippen LogP contribution in [0.3, 0.4) is 0 Å². The lowest BCUT2D eigenvalue weighted by atomic mass is 10.0. The summed E-state index contributed by atoms with van der Waals surface area (Å²) in [6, 6.07) is -0.0610. The molecule has 0 aromatic carbocycles. The van der Waals surface area contributed by atoms with Crippen molar-refractivity contribution in [1.82, 2.24) is 20.2 Å². The molecule has 0 aliphatic rings. The molecule has 2 aromatic heterocycles. The predicted molar refractivity (Wildman–Crippen MR) is 70.6 cm³/mol. The summed E-state index contributed by atoms with van der Waals surface area (Å²) in [6.07, 6.45) is 2.48. The molecule has 6 nitrogen and oxygen atoms in total. The maximum atomic E-state index is 9.37. The molecular weight excluding hydrogens is 254 g/mol. The van der Waals surface area contributed by atoms with Crippen LogP contribution >= 0.6 is 11.6 Å². The number of H-pyrrole nitrogens is 1. The Balaban J connectivity index is 2.26. The molecule has 0 saturated heterocycles. The molecule has 7 heteroatoms. The lowest BCUT2D eigenvalue weighted by Gasteiger charge is -2.19. The number of anilines is 1. The number of aliphatic hydroxyl groups excluding tert-OH is 1. The minimum absolute atomic E-state index is 0.0408. The quantitative estimate of drug-likeness (QED) is 0.721. The molecule has 0 bridgehead atoms. The zero-order chi connectivity index (χ0) is 13.1. The maximum absolute atomic E-state index is 9.37. The first-order valence-electron chi connectivity index (χ1n) is 5.84. The summed E-state index contributed by atoms with van der Waals surface area (Å²) in [4.78, 5) is 8.16. The van der Waals surface area contributed by atoms with Gasteiger partial charge in [-0.25, -0.2) is 0 Å². The highest BCUT2D eigenvalue weighted by atomic mass is 35.5. The van der Waals surface area contributed by atoms with E-state index in [-0.39, 0.29) is 17.9 Å². The standard InChI is InChI=1S/C11H16ClN5O/c1-6(2)3-7(5-18)14-9-8-4-13-17-10(8)16-11(12)15-9/h4,6-7,18H,3,5H2,1-2H3,(H2,13,14,15,16,17). The Morgan fingerprint density at radius 2 is 2.22 bits per heavy atom. The van der Waals surface area contributed by atoms with Gasteiger partial charge < -0.3 is 10.4 Å². The molecule has 2 rings (SSSR count). The smallest absolute Gasteiger partial charge is 0.226 e. The molecule has 2 aromatic rings. The number of rotatable bonds is 5. The third kappa shape index (κ3) is 2.88. The lowest BCUT2D eigenvalue weighted by Crippen LogP contribution is -2.26. The van der Waals surface area contributed by atoms with Gasteiger partial charge in [0.25, 0.3) is 0 Å². The van der Waals surface area contributed by atoms with Crippen LogP contribution in [0.15, 0.2) is 6.20 Å². The molecule has 1 unspecified atom stereocenters. The van der Waals surface area contributed by atoms with E-state index in [1.54, 1.807) is 6.20 Å². The molecule has 0 aliphatic heterocycles. The molecule has 3 N–H and O–H groups in total. The molecule has 0 aliphatic carbocycles. The first-order valence-corrected chi connectivity index (χ1v) is 6.22. The van der Waals surface area contributed by atoms with Crippen molar-refractivity contribution in [3.8, 4) is 0 Å². The van der Waals surface area contributed by atoms with Gasteiger partial charge in [-0.05, 0) is 23.9 Å². The Hall–Kier alpha value is -1.40. The number of aromatic amines is 1. The predicted octanol–water partition coefficient (Wildman–Crippen LogP) is 1.83. The van der Waals surface area contributed by atoms with Crippen LogP contribution in [0.25, 0.3) is 11.0 Å². The molecule has 1 atom stereocenters. The summed E-state index contributed by atoms with van der Waals surface area (Å²) in [7, 11) is 0. The molecule has 0 spiro atoms. The van der Waals surface area contributed by atoms with Crippen molar-refractivity contribution >= 4 is 28.5 Å². The average molecular weight is 270 g/mol. The van der Waals surface area contributed by atoms with E-state index in [1.807, 2.05) is 0 Å². The topological polar surface area (TPSA) is 86.7 Å². The van der Waals surface area contributed by atoms with Crippen LogP contribution in [0.5, 0.6) is 0 Å². The second kappa shape index (κ2) is 5.49. The minimum Gasteiger partial charge on any atom is -0.394 e. The van der Waals surface area contributed by atoms with Gasteiger partial charge in [0.1, 0.15) is 5.82 Å². The highest BCUT2D eigenvalue weighted by Crippen LogP contribution is 2.21. The van der Waals surface area contributed by atoms with Crippen LogP contribution in [0.2, 0.25) is 5.28 Å². The zero-order valence-electron chi connectivity index (χ0n) is 10.3. The number of hydrogen-bond acceptors (Lipinski definition) is 5. The van der Waals surface area contributed by atoms with Crippen molar-refractivity contribution in [2.75, 3.05) is 11.9 Å². The van der Waals surface area contributed by atoms with Crippen LogP contribution < -0.4 is 5.32 Å². The van der Waals surface area contributed by atoms with Crippen molar-refractivity contribution < 1.29 is 5.11 Å². The number of hydrogen-bond donors (Lipinski definition) is 3. The van der Waals surface area contributed by atoms with E-state index in [1.165, 1.54) is 0 Å². The van der Waals surface area contributed by atoms with E-state index < -0.39 is 0 Å². The molecule has 98 valence electrons. The number of aromatic nitrogens is 4. The van der Waals surface area contributed by atoms with Gasteiger partial charge in [-0.15, -0.1) is 0 Å². The van der Waals surface area contributed by atoms with Gasteiger partial charge in [0.05, 0.1) is 24.2 Å². The van der Waals surface area contributed by atoms with Gasteiger partial charge in [-0.2, -0.15) is 15.1 Å². The SMILES string of the molecule is CC(C)CC(CO)Nc1nc(Cl)nc2[nH]ncc12. The summed E-state index contributed by atoms with van der Waals surface area (Å²) in [6.45, 7) is 4.24. The molecule has 0 radical (unpaired) electrons. The first kappa shape index (κ1) is 13.0. The summed E-state index contributed by atoms with van der Waals surface area (Å²) in [5, 5.41) is 20.1. The van der Waals surface area contributed by atoms with Crippen molar-refractivity contribution in [3.63, 3.8) is 0 Å². The minimum atomic E-state index is -0.0610. The van der Waals surface area contributed by atoms with Crippen LogP contribution in [0.1, 0.15) is 20.3 Å². The third-order valence-electron chi connectivity index (χ3n) is 2.60. The number of halogens is 1. The van der Waals surface area contributed by atoms with Crippen molar-refractivity contribution in [1.29, 1.82) is 0 Å². The van der Waals surface area contributed by atoms with E-state index >= 15 is 0 Å². The Bertz CT molecular complexity index is 527. The van der Waals surface area contributed by atoms with Crippen molar-refractivity contribution in [2.45, 2.75) is 26.3 Å². The molecule has 18 heavy (non-hydrogen) atoms. The Morgan fingerprint density at radius 1 is 1.44 bits per heavy atom. The zero-order valence-corrected chi connectivity index (χ0v) is 11.1. The van der Waals surface area contributed by atoms with E-state index in [2.05, 4.69) is 39.3 Å². The van der Waals surface area contributed by atoms with Gasteiger partial charge in [-0.1, -0.05) is 13.8 Å². The fourth-order valence-electron chi connectivity index (χ4n) is 1.86. The molecule has 0 amide bonds. The number of fused-ring (bicyclic) bond motifs is 1. The second-order valence-electron chi connectivity index (χ2n) is 4.63. The van der Waals surface area contributed by atoms with E-state index in [4.69, 9.17) is 11.6 Å². The first-order chi connectivity index (χ1) is 8.60. The normalized spacial score (nSPS) is 13.2. The fourth-order valence-corrected chi connectivity index (χ4v) is 2.03.